The number of hydrogen-bond donors (Lipinski definition) is 0. The van der Waals surface area contributed by atoms with Crippen LogP contribution in [-0.2, 0) is 11.3 Å². The van der Waals surface area contributed by atoms with Crippen molar-refractivity contribution in [3.05, 3.63) is 29.6 Å². The van der Waals surface area contributed by atoms with E-state index in [1.165, 1.54) is 11.1 Å². The van der Waals surface area contributed by atoms with Crippen molar-refractivity contribution in [1.29, 1.82) is 0 Å². The van der Waals surface area contributed by atoms with E-state index < -0.39 is 0 Å². The van der Waals surface area contributed by atoms with Crippen molar-refractivity contribution in [2.45, 2.75) is 46.2 Å². The molecule has 2 aromatic rings. The van der Waals surface area contributed by atoms with Crippen LogP contribution in [0.3, 0.4) is 0 Å². The Morgan fingerprint density at radius 2 is 2.05 bits per heavy atom. The van der Waals surface area contributed by atoms with Gasteiger partial charge in [-0.05, 0) is 56.9 Å². The topological polar surface area (TPSA) is 38.1 Å². The smallest absolute Gasteiger partial charge is 0.242 e. The van der Waals surface area contributed by atoms with Crippen LogP contribution in [0, 0.1) is 13.8 Å². The number of aromatic nitrogens is 2. The molecule has 0 radical (unpaired) electrons. The van der Waals surface area contributed by atoms with Gasteiger partial charge in [0.1, 0.15) is 6.54 Å². The van der Waals surface area contributed by atoms with Crippen molar-refractivity contribution in [2.24, 2.45) is 0 Å². The molecule has 1 fully saturated rings. The predicted octanol–water partition coefficient (Wildman–Crippen LogP) is 2.66. The Kier molecular flexibility index (Phi) is 3.24. The zero-order valence-corrected chi connectivity index (χ0v) is 12.4. The SMILES string of the molecule is CCN(C(=O)Cn1cnc2cc(C)c(C)cc21)C1CC1. The highest BCUT2D eigenvalue weighted by molar-refractivity contribution is 5.81. The van der Waals surface area contributed by atoms with E-state index in [0.717, 1.165) is 30.4 Å². The second-order valence-electron chi connectivity index (χ2n) is 5.71. The summed E-state index contributed by atoms with van der Waals surface area (Å²) in [5.74, 6) is 0.201. The second-order valence-corrected chi connectivity index (χ2v) is 5.71. The number of rotatable bonds is 4. The van der Waals surface area contributed by atoms with Crippen molar-refractivity contribution < 1.29 is 4.79 Å². The zero-order chi connectivity index (χ0) is 14.3. The maximum atomic E-state index is 12.4. The van der Waals surface area contributed by atoms with Crippen molar-refractivity contribution >= 4 is 16.9 Å². The molecule has 0 aliphatic heterocycles. The maximum Gasteiger partial charge on any atom is 0.242 e. The van der Waals surface area contributed by atoms with E-state index in [1.807, 2.05) is 9.47 Å². The standard InChI is InChI=1S/C16H21N3O/c1-4-19(13-5-6-13)16(20)9-18-10-17-14-7-11(2)12(3)8-15(14)18/h7-8,10,13H,4-6,9H2,1-3H3. The van der Waals surface area contributed by atoms with Crippen LogP contribution in [0.1, 0.15) is 30.9 Å². The van der Waals surface area contributed by atoms with Gasteiger partial charge in [-0.1, -0.05) is 0 Å². The first-order chi connectivity index (χ1) is 9.60. The van der Waals surface area contributed by atoms with E-state index in [9.17, 15) is 4.79 Å². The first kappa shape index (κ1) is 13.2. The summed E-state index contributed by atoms with van der Waals surface area (Å²) in [6.45, 7) is 7.43. The number of carbonyl (C=O) groups is 1. The molecule has 1 aromatic heterocycles. The van der Waals surface area contributed by atoms with Gasteiger partial charge in [0.2, 0.25) is 5.91 Å². The van der Waals surface area contributed by atoms with E-state index >= 15 is 0 Å². The normalized spacial score (nSPS) is 14.8. The highest BCUT2D eigenvalue weighted by atomic mass is 16.2. The fourth-order valence-electron chi connectivity index (χ4n) is 2.70. The van der Waals surface area contributed by atoms with Crippen molar-refractivity contribution in [2.75, 3.05) is 6.54 Å². The second kappa shape index (κ2) is 4.93. The van der Waals surface area contributed by atoms with Crippen LogP contribution in [0.5, 0.6) is 0 Å². The Bertz CT molecular complexity index is 655. The molecule has 1 aliphatic carbocycles. The van der Waals surface area contributed by atoms with Gasteiger partial charge >= 0.3 is 0 Å². The first-order valence-electron chi connectivity index (χ1n) is 7.31. The van der Waals surface area contributed by atoms with E-state index in [1.54, 1.807) is 6.33 Å². The molecule has 0 atom stereocenters. The monoisotopic (exact) mass is 271 g/mol. The molecule has 1 amide bonds. The number of benzene rings is 1. The third kappa shape index (κ3) is 2.30. The van der Waals surface area contributed by atoms with Crippen LogP contribution < -0.4 is 0 Å². The molecule has 1 aliphatic rings. The molecule has 0 bridgehead atoms. The van der Waals surface area contributed by atoms with E-state index in [-0.39, 0.29) is 5.91 Å². The predicted molar refractivity (Wildman–Crippen MR) is 79.6 cm³/mol. The number of carbonyl (C=O) groups excluding carboxylic acids is 1. The Hall–Kier alpha value is -1.84. The third-order valence-electron chi connectivity index (χ3n) is 4.19. The molecular weight excluding hydrogens is 250 g/mol. The van der Waals surface area contributed by atoms with Gasteiger partial charge in [-0.3, -0.25) is 4.79 Å². The summed E-state index contributed by atoms with van der Waals surface area (Å²) >= 11 is 0. The van der Waals surface area contributed by atoms with Crippen LogP contribution in [0.15, 0.2) is 18.5 Å². The number of aryl methyl sites for hydroxylation is 2. The summed E-state index contributed by atoms with van der Waals surface area (Å²) in [7, 11) is 0. The van der Waals surface area contributed by atoms with Gasteiger partial charge in [0, 0.05) is 12.6 Å². The molecular formula is C16H21N3O. The summed E-state index contributed by atoms with van der Waals surface area (Å²) in [6.07, 6.45) is 4.09. The minimum absolute atomic E-state index is 0.201. The van der Waals surface area contributed by atoms with Crippen LogP contribution >= 0.6 is 0 Å². The summed E-state index contributed by atoms with van der Waals surface area (Å²) in [6, 6.07) is 4.69. The lowest BCUT2D eigenvalue weighted by molar-refractivity contribution is -0.132. The third-order valence-corrected chi connectivity index (χ3v) is 4.19. The molecule has 1 aromatic carbocycles. The lowest BCUT2D eigenvalue weighted by Crippen LogP contribution is -2.35. The highest BCUT2D eigenvalue weighted by Gasteiger charge is 2.31. The van der Waals surface area contributed by atoms with Gasteiger partial charge in [-0.2, -0.15) is 0 Å². The molecule has 0 spiro atoms. The van der Waals surface area contributed by atoms with Crippen molar-refractivity contribution in [3.8, 4) is 0 Å². The fraction of sp³-hybridized carbons (Fsp3) is 0.500. The van der Waals surface area contributed by atoms with Gasteiger partial charge in [-0.15, -0.1) is 0 Å². The average molecular weight is 271 g/mol. The number of fused-ring (bicyclic) bond motifs is 1. The van der Waals surface area contributed by atoms with Crippen LogP contribution in [-0.4, -0.2) is 32.9 Å². The van der Waals surface area contributed by atoms with E-state index in [2.05, 4.69) is 37.9 Å². The molecule has 106 valence electrons. The minimum Gasteiger partial charge on any atom is -0.338 e. The molecule has 3 rings (SSSR count). The molecule has 4 nitrogen and oxygen atoms in total. The molecule has 1 heterocycles. The summed E-state index contributed by atoms with van der Waals surface area (Å²) in [5, 5.41) is 0. The van der Waals surface area contributed by atoms with Crippen LogP contribution in [0.4, 0.5) is 0 Å². The minimum atomic E-state index is 0.201. The lowest BCUT2D eigenvalue weighted by atomic mass is 10.1. The van der Waals surface area contributed by atoms with Crippen molar-refractivity contribution in [3.63, 3.8) is 0 Å². The zero-order valence-electron chi connectivity index (χ0n) is 12.4. The Balaban J connectivity index is 1.87. The molecule has 1 saturated carbocycles. The Morgan fingerprint density at radius 3 is 2.70 bits per heavy atom. The largest absolute Gasteiger partial charge is 0.338 e. The molecule has 4 heteroatoms. The quantitative estimate of drug-likeness (QED) is 0.857. The van der Waals surface area contributed by atoms with E-state index in [4.69, 9.17) is 0 Å². The number of likely N-dealkylation sites (N-methyl/N-ethyl adjacent to an activating group) is 1. The maximum absolute atomic E-state index is 12.4. The van der Waals surface area contributed by atoms with Crippen LogP contribution in [0.25, 0.3) is 11.0 Å². The lowest BCUT2D eigenvalue weighted by Gasteiger charge is -2.20. The molecule has 0 unspecified atom stereocenters. The van der Waals surface area contributed by atoms with Gasteiger partial charge in [-0.25, -0.2) is 4.98 Å². The number of amides is 1. The molecule has 20 heavy (non-hydrogen) atoms. The van der Waals surface area contributed by atoms with E-state index in [0.29, 0.717) is 12.6 Å². The van der Waals surface area contributed by atoms with Crippen LogP contribution in [0.2, 0.25) is 0 Å². The number of nitrogens with zero attached hydrogens (tertiary/aromatic N) is 3. The van der Waals surface area contributed by atoms with Gasteiger partial charge in [0.05, 0.1) is 17.4 Å². The Morgan fingerprint density at radius 1 is 1.35 bits per heavy atom. The van der Waals surface area contributed by atoms with Gasteiger partial charge in [0.25, 0.3) is 0 Å². The van der Waals surface area contributed by atoms with Gasteiger partial charge < -0.3 is 9.47 Å². The number of imidazole rings is 1. The molecule has 0 N–H and O–H groups in total. The number of hydrogen-bond acceptors (Lipinski definition) is 2. The summed E-state index contributed by atoms with van der Waals surface area (Å²) in [4.78, 5) is 18.8. The Labute approximate surface area is 119 Å². The first-order valence-corrected chi connectivity index (χ1v) is 7.31. The van der Waals surface area contributed by atoms with Gasteiger partial charge in [0.15, 0.2) is 0 Å². The summed E-state index contributed by atoms with van der Waals surface area (Å²) in [5.41, 5.74) is 4.49. The highest BCUT2D eigenvalue weighted by Crippen LogP contribution is 2.27. The molecule has 0 saturated heterocycles. The van der Waals surface area contributed by atoms with Crippen molar-refractivity contribution in [1.82, 2.24) is 14.5 Å². The summed E-state index contributed by atoms with van der Waals surface area (Å²) < 4.78 is 1.97. The average Bonchev–Trinajstić information content (AvgIpc) is 3.17. The fourth-order valence-corrected chi connectivity index (χ4v) is 2.70.